The Bertz CT molecular complexity index is 1150. The van der Waals surface area contributed by atoms with E-state index in [-0.39, 0.29) is 29.1 Å². The number of benzene rings is 2. The average molecular weight is 459 g/mol. The van der Waals surface area contributed by atoms with Gasteiger partial charge in [0, 0.05) is 10.6 Å². The summed E-state index contributed by atoms with van der Waals surface area (Å²) in [4.78, 5) is 28.6. The lowest BCUT2D eigenvalue weighted by Gasteiger charge is -2.19. The van der Waals surface area contributed by atoms with Crippen molar-refractivity contribution in [3.8, 4) is 22.8 Å². The topological polar surface area (TPSA) is 97.8 Å². The van der Waals surface area contributed by atoms with Crippen LogP contribution in [-0.4, -0.2) is 36.2 Å². The molecule has 2 N–H and O–H groups in total. The van der Waals surface area contributed by atoms with Gasteiger partial charge >= 0.3 is 5.97 Å². The minimum atomic E-state index is -1.11. The minimum absolute atomic E-state index is 0.0505. The highest BCUT2D eigenvalue weighted by atomic mass is 35.5. The van der Waals surface area contributed by atoms with Gasteiger partial charge < -0.3 is 19.9 Å². The quantitative estimate of drug-likeness (QED) is 0.515. The van der Waals surface area contributed by atoms with E-state index in [1.54, 1.807) is 24.3 Å². The molecule has 3 rings (SSSR count). The van der Waals surface area contributed by atoms with Crippen molar-refractivity contribution in [3.63, 3.8) is 0 Å². The number of pyridine rings is 1. The van der Waals surface area contributed by atoms with E-state index in [1.165, 1.54) is 44.6 Å². The van der Waals surface area contributed by atoms with Crippen LogP contribution in [0.3, 0.4) is 0 Å². The molecule has 166 valence electrons. The molecule has 1 atom stereocenters. The Labute approximate surface area is 188 Å². The Balaban J connectivity index is 1.99. The summed E-state index contributed by atoms with van der Waals surface area (Å²) in [6.07, 6.45) is -0.386. The zero-order valence-corrected chi connectivity index (χ0v) is 18.0. The number of halogens is 2. The predicted octanol–water partition coefficient (Wildman–Crippen LogP) is 4.50. The maximum Gasteiger partial charge on any atom is 0.305 e. The number of methoxy groups -OCH3 is 2. The van der Waals surface area contributed by atoms with Crippen LogP contribution >= 0.6 is 11.6 Å². The van der Waals surface area contributed by atoms with Gasteiger partial charge in [-0.1, -0.05) is 29.8 Å². The number of nitrogens with zero attached hydrogens (tertiary/aromatic N) is 1. The van der Waals surface area contributed by atoms with Crippen molar-refractivity contribution in [2.24, 2.45) is 0 Å². The molecule has 9 heteroatoms. The lowest BCUT2D eigenvalue weighted by atomic mass is 10.0. The standard InChI is InChI=1S/C23H20ClFN2O5/c1-31-13-7-8-17(25)15(11-13)22-20(32-2)10-9-18(26-22)23(30)27-19(12-21(28)29)14-5-3-4-6-16(14)24/h3-11,19H,12H2,1-2H3,(H,27,30)(H,28,29). The van der Waals surface area contributed by atoms with Crippen LogP contribution < -0.4 is 14.8 Å². The summed E-state index contributed by atoms with van der Waals surface area (Å²) in [5.74, 6) is -1.68. The molecule has 1 heterocycles. The van der Waals surface area contributed by atoms with E-state index in [9.17, 15) is 19.1 Å². The molecule has 0 saturated carbocycles. The molecule has 0 bridgehead atoms. The predicted molar refractivity (Wildman–Crippen MR) is 117 cm³/mol. The summed E-state index contributed by atoms with van der Waals surface area (Å²) in [5, 5.41) is 12.2. The second-order valence-corrected chi connectivity index (χ2v) is 7.15. The van der Waals surface area contributed by atoms with Crippen LogP contribution in [0.15, 0.2) is 54.6 Å². The Kier molecular flexibility index (Phi) is 7.27. The van der Waals surface area contributed by atoms with E-state index in [1.807, 2.05) is 0 Å². The van der Waals surface area contributed by atoms with Crippen molar-refractivity contribution in [2.75, 3.05) is 14.2 Å². The number of amides is 1. The molecular formula is C23H20ClFN2O5. The molecule has 32 heavy (non-hydrogen) atoms. The Hall–Kier alpha value is -3.65. The molecule has 0 aliphatic heterocycles. The lowest BCUT2D eigenvalue weighted by molar-refractivity contribution is -0.137. The fourth-order valence-corrected chi connectivity index (χ4v) is 3.41. The van der Waals surface area contributed by atoms with Crippen LogP contribution in [0.1, 0.15) is 28.5 Å². The first-order valence-electron chi connectivity index (χ1n) is 9.50. The Morgan fingerprint density at radius 3 is 2.53 bits per heavy atom. The first-order valence-corrected chi connectivity index (χ1v) is 9.87. The van der Waals surface area contributed by atoms with E-state index >= 15 is 0 Å². The van der Waals surface area contributed by atoms with Crippen LogP contribution in [0.25, 0.3) is 11.3 Å². The van der Waals surface area contributed by atoms with Gasteiger partial charge in [-0.2, -0.15) is 0 Å². The molecule has 0 aliphatic carbocycles. The number of carboxylic acid groups (broad SMARTS) is 1. The number of carbonyl (C=O) groups is 2. The highest BCUT2D eigenvalue weighted by molar-refractivity contribution is 6.31. The number of nitrogens with one attached hydrogen (secondary N) is 1. The molecule has 7 nitrogen and oxygen atoms in total. The molecule has 0 fully saturated rings. The summed E-state index contributed by atoms with van der Waals surface area (Å²) < 4.78 is 25.0. The number of rotatable bonds is 8. The first-order chi connectivity index (χ1) is 15.3. The monoisotopic (exact) mass is 458 g/mol. The molecule has 0 aliphatic rings. The lowest BCUT2D eigenvalue weighted by Crippen LogP contribution is -2.31. The number of hydrogen-bond acceptors (Lipinski definition) is 5. The number of ether oxygens (including phenoxy) is 2. The Morgan fingerprint density at radius 2 is 1.88 bits per heavy atom. The number of carbonyl (C=O) groups excluding carboxylic acids is 1. The van der Waals surface area contributed by atoms with Crippen molar-refractivity contribution in [2.45, 2.75) is 12.5 Å². The fourth-order valence-electron chi connectivity index (χ4n) is 3.15. The van der Waals surface area contributed by atoms with Gasteiger partial charge in [0.1, 0.15) is 28.7 Å². The van der Waals surface area contributed by atoms with Gasteiger partial charge in [-0.25, -0.2) is 9.37 Å². The molecule has 1 amide bonds. The van der Waals surface area contributed by atoms with E-state index < -0.39 is 23.7 Å². The van der Waals surface area contributed by atoms with Crippen molar-refractivity contribution in [1.82, 2.24) is 10.3 Å². The van der Waals surface area contributed by atoms with Crippen molar-refractivity contribution >= 4 is 23.5 Å². The van der Waals surface area contributed by atoms with Gasteiger partial charge in [-0.3, -0.25) is 9.59 Å². The van der Waals surface area contributed by atoms with E-state index in [0.29, 0.717) is 16.3 Å². The van der Waals surface area contributed by atoms with E-state index in [4.69, 9.17) is 21.1 Å². The maximum absolute atomic E-state index is 14.5. The van der Waals surface area contributed by atoms with Crippen molar-refractivity contribution in [1.29, 1.82) is 0 Å². The van der Waals surface area contributed by atoms with Crippen LogP contribution in [-0.2, 0) is 4.79 Å². The minimum Gasteiger partial charge on any atom is -0.497 e. The molecule has 1 unspecified atom stereocenters. The molecule has 0 spiro atoms. The molecular weight excluding hydrogens is 439 g/mol. The summed E-state index contributed by atoms with van der Waals surface area (Å²) in [7, 11) is 2.85. The molecule has 1 aromatic heterocycles. The maximum atomic E-state index is 14.5. The molecule has 0 saturated heterocycles. The SMILES string of the molecule is COc1ccc(F)c(-c2nc(C(=O)NC(CC(=O)O)c3ccccc3Cl)ccc2OC)c1. The van der Waals surface area contributed by atoms with Crippen LogP contribution in [0.5, 0.6) is 11.5 Å². The highest BCUT2D eigenvalue weighted by Gasteiger charge is 2.23. The Morgan fingerprint density at radius 1 is 1.12 bits per heavy atom. The van der Waals surface area contributed by atoms with Gasteiger partial charge in [0.05, 0.1) is 26.7 Å². The number of hydrogen-bond donors (Lipinski definition) is 2. The summed E-state index contributed by atoms with van der Waals surface area (Å²) in [6.45, 7) is 0. The summed E-state index contributed by atoms with van der Waals surface area (Å²) in [5.41, 5.74) is 0.594. The number of aliphatic carboxylic acids is 1. The van der Waals surface area contributed by atoms with Crippen molar-refractivity contribution < 1.29 is 28.6 Å². The van der Waals surface area contributed by atoms with Gasteiger partial charge in [0.2, 0.25) is 0 Å². The van der Waals surface area contributed by atoms with Gasteiger partial charge in [-0.15, -0.1) is 0 Å². The van der Waals surface area contributed by atoms with Gasteiger partial charge in [0.25, 0.3) is 5.91 Å². The van der Waals surface area contributed by atoms with Crippen LogP contribution in [0, 0.1) is 5.82 Å². The normalized spacial score (nSPS) is 11.5. The molecule has 3 aromatic rings. The second-order valence-electron chi connectivity index (χ2n) is 6.74. The third kappa shape index (κ3) is 5.15. The zero-order chi connectivity index (χ0) is 23.3. The van der Waals surface area contributed by atoms with Crippen molar-refractivity contribution in [3.05, 3.63) is 76.7 Å². The highest BCUT2D eigenvalue weighted by Crippen LogP contribution is 2.33. The third-order valence-corrected chi connectivity index (χ3v) is 5.05. The summed E-state index contributed by atoms with van der Waals surface area (Å²) in [6, 6.07) is 12.8. The second kappa shape index (κ2) is 10.1. The number of aromatic nitrogens is 1. The zero-order valence-electron chi connectivity index (χ0n) is 17.3. The van der Waals surface area contributed by atoms with Gasteiger partial charge in [0.15, 0.2) is 0 Å². The van der Waals surface area contributed by atoms with Crippen LogP contribution in [0.2, 0.25) is 5.02 Å². The van der Waals surface area contributed by atoms with Crippen LogP contribution in [0.4, 0.5) is 4.39 Å². The first kappa shape index (κ1) is 23.0. The number of carboxylic acids is 1. The summed E-state index contributed by atoms with van der Waals surface area (Å²) >= 11 is 6.19. The van der Waals surface area contributed by atoms with Gasteiger partial charge in [-0.05, 0) is 42.0 Å². The smallest absolute Gasteiger partial charge is 0.305 e. The van der Waals surface area contributed by atoms with E-state index in [0.717, 1.165) is 0 Å². The average Bonchev–Trinajstić information content (AvgIpc) is 2.78. The van der Waals surface area contributed by atoms with E-state index in [2.05, 4.69) is 10.3 Å². The largest absolute Gasteiger partial charge is 0.497 e. The third-order valence-electron chi connectivity index (χ3n) is 4.70. The molecule has 0 radical (unpaired) electrons. The fraction of sp³-hybridized carbons (Fsp3) is 0.174. The molecule has 2 aromatic carbocycles.